The fraction of sp³-hybridized carbons (Fsp3) is 1.00. The molecule has 0 aromatic heterocycles. The highest BCUT2D eigenvalue weighted by molar-refractivity contribution is 7.86. The first kappa shape index (κ1) is 17.0. The van der Waals surface area contributed by atoms with Crippen molar-refractivity contribution in [3.05, 3.63) is 0 Å². The van der Waals surface area contributed by atoms with Crippen LogP contribution in [0.25, 0.3) is 0 Å². The molecule has 0 aliphatic rings. The summed E-state index contributed by atoms with van der Waals surface area (Å²) in [5.41, 5.74) is -5.53. The molecule has 0 saturated heterocycles. The molecule has 0 aliphatic carbocycles. The Balaban J connectivity index is 0. The number of halogens is 3. The van der Waals surface area contributed by atoms with Crippen LogP contribution in [0.5, 0.6) is 0 Å². The van der Waals surface area contributed by atoms with Gasteiger partial charge in [0.15, 0.2) is 0 Å². The zero-order chi connectivity index (χ0) is 12.9. The first-order chi connectivity index (χ1) is 6.31. The Labute approximate surface area is 84.6 Å². The van der Waals surface area contributed by atoms with Crippen LogP contribution in [0, 0.1) is 0 Å². The maximum atomic E-state index is 10.7. The summed E-state index contributed by atoms with van der Waals surface area (Å²) in [5.74, 6) is -0.132. The molecule has 0 aliphatic heterocycles. The average molecular weight is 274 g/mol. The third kappa shape index (κ3) is 11.5. The van der Waals surface area contributed by atoms with Crippen molar-refractivity contribution in [1.29, 1.82) is 0 Å². The molecule has 0 heterocycles. The van der Waals surface area contributed by atoms with Crippen LogP contribution in [0.1, 0.15) is 13.3 Å². The van der Waals surface area contributed by atoms with Crippen molar-refractivity contribution in [2.45, 2.75) is 18.9 Å². The molecule has 0 spiro atoms. The molecule has 0 atom stereocenters. The van der Waals surface area contributed by atoms with Crippen LogP contribution >= 0.6 is 0 Å². The zero-order valence-electron chi connectivity index (χ0n) is 7.39. The summed E-state index contributed by atoms with van der Waals surface area (Å²) in [6, 6.07) is 0. The van der Waals surface area contributed by atoms with Gasteiger partial charge in [-0.3, -0.25) is 9.11 Å². The molecular weight excluding hydrogens is 265 g/mol. The second-order valence-electron chi connectivity index (χ2n) is 2.21. The van der Waals surface area contributed by atoms with Gasteiger partial charge in [0.25, 0.3) is 10.1 Å². The van der Waals surface area contributed by atoms with E-state index in [0.717, 1.165) is 0 Å². The molecule has 0 aromatic rings. The Bertz CT molecular complexity index is 366. The zero-order valence-corrected chi connectivity index (χ0v) is 9.03. The summed E-state index contributed by atoms with van der Waals surface area (Å²) in [6.45, 7) is 1.69. The minimum absolute atomic E-state index is 0.132. The van der Waals surface area contributed by atoms with E-state index in [1.54, 1.807) is 6.92 Å². The van der Waals surface area contributed by atoms with E-state index < -0.39 is 25.7 Å². The first-order valence-electron chi connectivity index (χ1n) is 3.30. The van der Waals surface area contributed by atoms with Crippen LogP contribution < -0.4 is 0 Å². The van der Waals surface area contributed by atoms with Crippen LogP contribution in [-0.4, -0.2) is 37.2 Å². The highest BCUT2D eigenvalue weighted by atomic mass is 32.2. The summed E-state index contributed by atoms with van der Waals surface area (Å²) in [5, 5.41) is 0. The predicted octanol–water partition coefficient (Wildman–Crippen LogP) is 0.678. The molecule has 0 aromatic carbocycles. The topological polar surface area (TPSA) is 109 Å². The van der Waals surface area contributed by atoms with Gasteiger partial charge in [0.1, 0.15) is 0 Å². The molecule has 94 valence electrons. The van der Waals surface area contributed by atoms with E-state index in [1.165, 1.54) is 0 Å². The fourth-order valence-corrected chi connectivity index (χ4v) is 0.774. The van der Waals surface area contributed by atoms with E-state index in [0.29, 0.717) is 6.42 Å². The molecule has 0 unspecified atom stereocenters. The molecule has 0 rings (SSSR count). The second-order valence-corrected chi connectivity index (χ2v) is 5.19. The monoisotopic (exact) mass is 274 g/mol. The van der Waals surface area contributed by atoms with Crippen molar-refractivity contribution in [2.24, 2.45) is 0 Å². The molecule has 0 amide bonds. The summed E-state index contributed by atoms with van der Waals surface area (Å²) in [4.78, 5) is 0. The van der Waals surface area contributed by atoms with E-state index in [1.807, 2.05) is 0 Å². The third-order valence-corrected chi connectivity index (χ3v) is 2.26. The van der Waals surface area contributed by atoms with Crippen molar-refractivity contribution in [3.63, 3.8) is 0 Å². The van der Waals surface area contributed by atoms with E-state index in [4.69, 9.17) is 17.5 Å². The standard InChI is InChI=1S/C3H8O3S.CHF3O3S/c1-2-3-7(4,5)6;2-1(3,4)8(5,6)7/h2-3H2,1H3,(H,4,5,6);(H,5,6,7). The van der Waals surface area contributed by atoms with Crippen LogP contribution in [0.2, 0.25) is 0 Å². The Morgan fingerprint density at radius 3 is 1.33 bits per heavy atom. The van der Waals surface area contributed by atoms with Crippen LogP contribution in [-0.2, 0) is 20.2 Å². The number of rotatable bonds is 2. The highest BCUT2D eigenvalue weighted by Crippen LogP contribution is 2.20. The van der Waals surface area contributed by atoms with Gasteiger partial charge >= 0.3 is 15.6 Å². The SMILES string of the molecule is CCCS(=O)(=O)O.O=S(=O)(O)C(F)(F)F. The third-order valence-electron chi connectivity index (χ3n) is 0.755. The maximum Gasteiger partial charge on any atom is 0.522 e. The van der Waals surface area contributed by atoms with Gasteiger partial charge < -0.3 is 0 Å². The molecular formula is C4H9F3O6S2. The summed E-state index contributed by atoms with van der Waals surface area (Å²) >= 11 is 0. The van der Waals surface area contributed by atoms with Crippen molar-refractivity contribution >= 4 is 20.2 Å². The molecule has 0 saturated carbocycles. The van der Waals surface area contributed by atoms with Crippen molar-refractivity contribution < 1.29 is 39.1 Å². The van der Waals surface area contributed by atoms with Crippen molar-refractivity contribution in [3.8, 4) is 0 Å². The van der Waals surface area contributed by atoms with Crippen molar-refractivity contribution in [1.82, 2.24) is 0 Å². The lowest BCUT2D eigenvalue weighted by molar-refractivity contribution is -0.0510. The summed E-state index contributed by atoms with van der Waals surface area (Å²) in [7, 11) is -9.51. The molecule has 0 bridgehead atoms. The summed E-state index contributed by atoms with van der Waals surface area (Å²) < 4.78 is 85.1. The van der Waals surface area contributed by atoms with Gasteiger partial charge in [-0.2, -0.15) is 30.0 Å². The van der Waals surface area contributed by atoms with Gasteiger partial charge in [0.05, 0.1) is 5.75 Å². The van der Waals surface area contributed by atoms with E-state index >= 15 is 0 Å². The minimum atomic E-state index is -5.84. The average Bonchev–Trinajstić information content (AvgIpc) is 1.79. The van der Waals surface area contributed by atoms with E-state index in [9.17, 15) is 21.6 Å². The molecule has 11 heteroatoms. The quantitative estimate of drug-likeness (QED) is 0.566. The second kappa shape index (κ2) is 5.63. The van der Waals surface area contributed by atoms with E-state index in [2.05, 4.69) is 0 Å². The molecule has 6 nitrogen and oxygen atoms in total. The van der Waals surface area contributed by atoms with Gasteiger partial charge in [-0.15, -0.1) is 0 Å². The Morgan fingerprint density at radius 2 is 1.33 bits per heavy atom. The largest absolute Gasteiger partial charge is 0.522 e. The highest BCUT2D eigenvalue weighted by Gasteiger charge is 2.44. The van der Waals surface area contributed by atoms with Crippen LogP contribution in [0.15, 0.2) is 0 Å². The van der Waals surface area contributed by atoms with Gasteiger partial charge in [-0.05, 0) is 6.42 Å². The predicted molar refractivity (Wildman–Crippen MR) is 44.3 cm³/mol. The maximum absolute atomic E-state index is 10.7. The number of alkyl halides is 3. The molecule has 0 radical (unpaired) electrons. The first-order valence-corrected chi connectivity index (χ1v) is 6.35. The molecule has 2 N–H and O–H groups in total. The lowest BCUT2D eigenvalue weighted by Gasteiger charge is -1.97. The van der Waals surface area contributed by atoms with Gasteiger partial charge in [-0.1, -0.05) is 6.92 Å². The smallest absolute Gasteiger partial charge is 0.286 e. The van der Waals surface area contributed by atoms with Gasteiger partial charge in [-0.25, -0.2) is 0 Å². The number of hydrogen-bond donors (Lipinski definition) is 2. The molecule has 15 heavy (non-hydrogen) atoms. The Morgan fingerprint density at radius 1 is 1.07 bits per heavy atom. The minimum Gasteiger partial charge on any atom is -0.286 e. The van der Waals surface area contributed by atoms with E-state index in [-0.39, 0.29) is 5.75 Å². The van der Waals surface area contributed by atoms with Gasteiger partial charge in [0.2, 0.25) is 0 Å². The fourth-order valence-electron chi connectivity index (χ4n) is 0.258. The Kier molecular flexibility index (Phi) is 6.39. The van der Waals surface area contributed by atoms with Gasteiger partial charge in [0, 0.05) is 0 Å². The van der Waals surface area contributed by atoms with Crippen LogP contribution in [0.3, 0.4) is 0 Å². The van der Waals surface area contributed by atoms with Crippen molar-refractivity contribution in [2.75, 3.05) is 5.75 Å². The molecule has 0 fully saturated rings. The Hall–Kier alpha value is -0.390. The summed E-state index contributed by atoms with van der Waals surface area (Å²) in [6.07, 6.45) is 0.471. The lowest BCUT2D eigenvalue weighted by Crippen LogP contribution is -2.21. The lowest BCUT2D eigenvalue weighted by atomic mass is 10.6. The normalized spacial score (nSPS) is 12.9. The number of hydrogen-bond acceptors (Lipinski definition) is 4. The van der Waals surface area contributed by atoms with Crippen LogP contribution in [0.4, 0.5) is 13.2 Å².